The van der Waals surface area contributed by atoms with E-state index in [1.165, 1.54) is 16.7 Å². The zero-order valence-electron chi connectivity index (χ0n) is 21.3. The van der Waals surface area contributed by atoms with Gasteiger partial charge in [-0.3, -0.25) is 4.79 Å². The summed E-state index contributed by atoms with van der Waals surface area (Å²) in [6, 6.07) is 16.3. The number of aromatic nitrogens is 6. The lowest BCUT2D eigenvalue weighted by Crippen LogP contribution is -2.20. The van der Waals surface area contributed by atoms with E-state index >= 15 is 0 Å². The van der Waals surface area contributed by atoms with Gasteiger partial charge in [-0.2, -0.15) is 15.1 Å². The van der Waals surface area contributed by atoms with Crippen molar-refractivity contribution < 1.29 is 4.79 Å². The number of nitrogens with one attached hydrogen (secondary N) is 2. The largest absolute Gasteiger partial charge is 0.368 e. The van der Waals surface area contributed by atoms with Gasteiger partial charge in [0.1, 0.15) is 12.4 Å². The Bertz CT molecular complexity index is 1620. The Kier molecular flexibility index (Phi) is 6.31. The molecule has 0 radical (unpaired) electrons. The van der Waals surface area contributed by atoms with Crippen molar-refractivity contribution in [1.82, 2.24) is 29.3 Å². The maximum Gasteiger partial charge on any atom is 0.245 e. The molecule has 3 aromatic heterocycles. The SMILES string of the molecule is CCn1nc(C)cc1NC(=O)Cn1cnc2c(Nc3ccc(-c4ccccc4C)c(C)c3)nc(N)nc21. The molecule has 0 atom stereocenters. The number of carbonyl (C=O) groups excluding carboxylic acids is 1. The summed E-state index contributed by atoms with van der Waals surface area (Å²) in [6.45, 7) is 8.72. The molecule has 0 aliphatic rings. The number of hydrogen-bond acceptors (Lipinski definition) is 7. The maximum atomic E-state index is 12.8. The quantitative estimate of drug-likeness (QED) is 0.301. The minimum Gasteiger partial charge on any atom is -0.368 e. The van der Waals surface area contributed by atoms with E-state index in [-0.39, 0.29) is 18.4 Å². The monoisotopic (exact) mass is 495 g/mol. The first-order chi connectivity index (χ1) is 17.8. The molecule has 10 nitrogen and oxygen atoms in total. The number of nitrogens with zero attached hydrogens (tertiary/aromatic N) is 6. The highest BCUT2D eigenvalue weighted by atomic mass is 16.2. The Hall–Kier alpha value is -4.73. The molecule has 37 heavy (non-hydrogen) atoms. The summed E-state index contributed by atoms with van der Waals surface area (Å²) >= 11 is 0. The lowest BCUT2D eigenvalue weighted by Gasteiger charge is -2.13. The number of carbonyl (C=O) groups is 1. The van der Waals surface area contributed by atoms with Crippen LogP contribution in [0.4, 0.5) is 23.3 Å². The summed E-state index contributed by atoms with van der Waals surface area (Å²) in [5.41, 5.74) is 13.4. The molecule has 5 aromatic rings. The summed E-state index contributed by atoms with van der Waals surface area (Å²) < 4.78 is 3.40. The van der Waals surface area contributed by atoms with Crippen molar-refractivity contribution in [3.8, 4) is 11.1 Å². The van der Waals surface area contributed by atoms with E-state index in [4.69, 9.17) is 5.73 Å². The molecule has 0 aliphatic heterocycles. The van der Waals surface area contributed by atoms with Gasteiger partial charge in [-0.05, 0) is 62.1 Å². The predicted octanol–water partition coefficient (Wildman–Crippen LogP) is 4.60. The minimum absolute atomic E-state index is 0.0184. The molecule has 3 heterocycles. The fourth-order valence-corrected chi connectivity index (χ4v) is 4.44. The van der Waals surface area contributed by atoms with Crippen LogP contribution in [0, 0.1) is 20.8 Å². The van der Waals surface area contributed by atoms with E-state index in [2.05, 4.69) is 68.8 Å². The third kappa shape index (κ3) is 4.86. The van der Waals surface area contributed by atoms with E-state index in [1.54, 1.807) is 15.6 Å². The van der Waals surface area contributed by atoms with E-state index in [0.29, 0.717) is 29.3 Å². The van der Waals surface area contributed by atoms with Gasteiger partial charge in [-0.25, -0.2) is 9.67 Å². The minimum atomic E-state index is -0.219. The van der Waals surface area contributed by atoms with E-state index < -0.39 is 0 Å². The van der Waals surface area contributed by atoms with Crippen molar-refractivity contribution in [3.05, 3.63) is 71.7 Å². The van der Waals surface area contributed by atoms with Crippen LogP contribution < -0.4 is 16.4 Å². The molecule has 188 valence electrons. The summed E-state index contributed by atoms with van der Waals surface area (Å²) in [5.74, 6) is 0.993. The average molecular weight is 496 g/mol. The third-order valence-corrected chi connectivity index (χ3v) is 6.19. The normalized spacial score (nSPS) is 11.1. The third-order valence-electron chi connectivity index (χ3n) is 6.19. The van der Waals surface area contributed by atoms with Gasteiger partial charge in [0.05, 0.1) is 12.0 Å². The fraction of sp³-hybridized carbons (Fsp3) is 0.222. The fourth-order valence-electron chi connectivity index (χ4n) is 4.44. The topological polar surface area (TPSA) is 129 Å². The van der Waals surface area contributed by atoms with E-state index in [0.717, 1.165) is 16.9 Å². The molecular formula is C27H29N9O. The van der Waals surface area contributed by atoms with Crippen LogP contribution in [0.1, 0.15) is 23.7 Å². The van der Waals surface area contributed by atoms with Crippen molar-refractivity contribution in [1.29, 1.82) is 0 Å². The van der Waals surface area contributed by atoms with Crippen LogP contribution in [0.25, 0.3) is 22.3 Å². The highest BCUT2D eigenvalue weighted by Gasteiger charge is 2.16. The predicted molar refractivity (Wildman–Crippen MR) is 146 cm³/mol. The molecule has 2 aromatic carbocycles. The first-order valence-electron chi connectivity index (χ1n) is 12.1. The second-order valence-electron chi connectivity index (χ2n) is 8.98. The van der Waals surface area contributed by atoms with Crippen molar-refractivity contribution in [2.24, 2.45) is 0 Å². The van der Waals surface area contributed by atoms with Gasteiger partial charge < -0.3 is 20.9 Å². The molecular weight excluding hydrogens is 466 g/mol. The molecule has 4 N–H and O–H groups in total. The van der Waals surface area contributed by atoms with Crippen LogP contribution in [0.5, 0.6) is 0 Å². The summed E-state index contributed by atoms with van der Waals surface area (Å²) in [7, 11) is 0. The Labute approximate surface area is 214 Å². The van der Waals surface area contributed by atoms with Crippen molar-refractivity contribution >= 4 is 40.3 Å². The highest BCUT2D eigenvalue weighted by molar-refractivity contribution is 5.92. The second-order valence-corrected chi connectivity index (χ2v) is 8.98. The molecule has 0 saturated heterocycles. The Balaban J connectivity index is 1.39. The van der Waals surface area contributed by atoms with Gasteiger partial charge in [-0.1, -0.05) is 30.3 Å². The van der Waals surface area contributed by atoms with Crippen LogP contribution in [-0.2, 0) is 17.9 Å². The number of hydrogen-bond donors (Lipinski definition) is 3. The van der Waals surface area contributed by atoms with Crippen LogP contribution in [0.3, 0.4) is 0 Å². The number of fused-ring (bicyclic) bond motifs is 1. The van der Waals surface area contributed by atoms with Crippen molar-refractivity contribution in [2.75, 3.05) is 16.4 Å². The van der Waals surface area contributed by atoms with Gasteiger partial charge in [0.15, 0.2) is 17.0 Å². The molecule has 0 bridgehead atoms. The van der Waals surface area contributed by atoms with Crippen LogP contribution in [0.2, 0.25) is 0 Å². The molecule has 10 heteroatoms. The zero-order valence-corrected chi connectivity index (χ0v) is 21.3. The van der Waals surface area contributed by atoms with Gasteiger partial charge in [0.25, 0.3) is 0 Å². The Morgan fingerprint density at radius 3 is 2.54 bits per heavy atom. The second kappa shape index (κ2) is 9.73. The highest BCUT2D eigenvalue weighted by Crippen LogP contribution is 2.30. The molecule has 0 aliphatic carbocycles. The molecule has 5 rings (SSSR count). The number of aryl methyl sites for hydroxylation is 4. The van der Waals surface area contributed by atoms with Crippen molar-refractivity contribution in [3.63, 3.8) is 0 Å². The number of nitrogen functional groups attached to an aromatic ring is 1. The number of nitrogens with two attached hydrogens (primary N) is 1. The van der Waals surface area contributed by atoms with Gasteiger partial charge in [0.2, 0.25) is 11.9 Å². The Morgan fingerprint density at radius 1 is 1.00 bits per heavy atom. The number of amides is 1. The number of imidazole rings is 1. The standard InChI is InChI=1S/C27H29N9O/c1-5-36-22(13-18(4)34-36)31-23(37)14-35-15-29-24-25(32-27(28)33-26(24)35)30-19-10-11-21(17(3)12-19)20-9-7-6-8-16(20)2/h6-13,15H,5,14H2,1-4H3,(H,31,37)(H3,28,30,32,33). The first kappa shape index (κ1) is 24.0. The smallest absolute Gasteiger partial charge is 0.245 e. The summed E-state index contributed by atoms with van der Waals surface area (Å²) in [4.78, 5) is 26.0. The zero-order chi connectivity index (χ0) is 26.1. The average Bonchev–Trinajstić information content (AvgIpc) is 3.42. The van der Waals surface area contributed by atoms with Crippen LogP contribution in [-0.4, -0.2) is 35.2 Å². The Morgan fingerprint density at radius 2 is 1.78 bits per heavy atom. The maximum absolute atomic E-state index is 12.8. The van der Waals surface area contributed by atoms with Gasteiger partial charge >= 0.3 is 0 Å². The molecule has 0 spiro atoms. The molecule has 0 unspecified atom stereocenters. The summed E-state index contributed by atoms with van der Waals surface area (Å²) in [5, 5.41) is 10.6. The molecule has 0 fully saturated rings. The van der Waals surface area contributed by atoms with Crippen molar-refractivity contribution in [2.45, 2.75) is 40.8 Å². The molecule has 0 saturated carbocycles. The first-order valence-corrected chi connectivity index (χ1v) is 12.1. The van der Waals surface area contributed by atoms with E-state index in [1.807, 2.05) is 38.1 Å². The van der Waals surface area contributed by atoms with Gasteiger partial charge in [0, 0.05) is 18.3 Å². The number of benzene rings is 2. The van der Waals surface area contributed by atoms with E-state index in [9.17, 15) is 4.79 Å². The molecule has 1 amide bonds. The number of rotatable bonds is 7. The lowest BCUT2D eigenvalue weighted by molar-refractivity contribution is -0.116. The van der Waals surface area contributed by atoms with Gasteiger partial charge in [-0.15, -0.1) is 0 Å². The lowest BCUT2D eigenvalue weighted by atomic mass is 9.96. The van der Waals surface area contributed by atoms with Crippen LogP contribution >= 0.6 is 0 Å². The number of anilines is 4. The summed E-state index contributed by atoms with van der Waals surface area (Å²) in [6.07, 6.45) is 1.57. The van der Waals surface area contributed by atoms with Crippen LogP contribution in [0.15, 0.2) is 54.9 Å².